The summed E-state index contributed by atoms with van der Waals surface area (Å²) in [4.78, 5) is 12.2. The maximum atomic E-state index is 12.2. The molecule has 0 unspecified atom stereocenters. The number of anilines is 1. The lowest BCUT2D eigenvalue weighted by molar-refractivity contribution is 0.0207. The highest BCUT2D eigenvalue weighted by molar-refractivity contribution is 5.94. The summed E-state index contributed by atoms with van der Waals surface area (Å²) in [7, 11) is 0. The minimum atomic E-state index is -0.331. The molecule has 1 saturated carbocycles. The zero-order valence-electron chi connectivity index (χ0n) is 11.4. The van der Waals surface area contributed by atoms with Gasteiger partial charge in [-0.25, -0.2) is 4.79 Å². The number of nitrogen functional groups attached to an aromatic ring is 1. The average Bonchev–Trinajstić information content (AvgIpc) is 2.42. The quantitative estimate of drug-likeness (QED) is 0.669. The number of carbonyl (C=O) groups is 1. The van der Waals surface area contributed by atoms with E-state index in [9.17, 15) is 4.79 Å². The fourth-order valence-corrected chi connectivity index (χ4v) is 2.42. The highest BCUT2D eigenvalue weighted by Gasteiger charge is 2.22. The number of hydrogen-bond acceptors (Lipinski definition) is 4. The first-order chi connectivity index (χ1) is 9.22. The van der Waals surface area contributed by atoms with Crippen LogP contribution in [0.3, 0.4) is 0 Å². The first kappa shape index (κ1) is 13.7. The molecule has 2 N–H and O–H groups in total. The molecule has 1 fully saturated rings. The Morgan fingerprint density at radius 2 is 2.05 bits per heavy atom. The van der Waals surface area contributed by atoms with Crippen molar-refractivity contribution in [3.05, 3.63) is 23.8 Å². The molecule has 4 nitrogen and oxygen atoms in total. The van der Waals surface area contributed by atoms with Gasteiger partial charge in [0.2, 0.25) is 0 Å². The van der Waals surface area contributed by atoms with Gasteiger partial charge >= 0.3 is 5.97 Å². The number of hydrogen-bond donors (Lipinski definition) is 1. The van der Waals surface area contributed by atoms with Crippen LogP contribution in [0.2, 0.25) is 0 Å². The van der Waals surface area contributed by atoms with Gasteiger partial charge in [0.05, 0.1) is 12.3 Å². The van der Waals surface area contributed by atoms with Crippen molar-refractivity contribution in [2.75, 3.05) is 12.3 Å². The Labute approximate surface area is 113 Å². The zero-order valence-corrected chi connectivity index (χ0v) is 11.4. The molecule has 104 valence electrons. The van der Waals surface area contributed by atoms with E-state index in [1.165, 1.54) is 6.42 Å². The molecule has 0 bridgehead atoms. The van der Waals surface area contributed by atoms with Crippen LogP contribution in [0.5, 0.6) is 5.75 Å². The van der Waals surface area contributed by atoms with Crippen molar-refractivity contribution in [2.24, 2.45) is 0 Å². The molecule has 0 spiro atoms. The van der Waals surface area contributed by atoms with E-state index in [0.29, 0.717) is 23.6 Å². The number of benzene rings is 1. The second-order valence-electron chi connectivity index (χ2n) is 4.82. The highest BCUT2D eigenvalue weighted by atomic mass is 16.5. The molecule has 1 aliphatic carbocycles. The number of carbonyl (C=O) groups excluding carboxylic acids is 1. The maximum absolute atomic E-state index is 12.2. The number of esters is 1. The minimum Gasteiger partial charge on any atom is -0.491 e. The molecule has 0 atom stereocenters. The van der Waals surface area contributed by atoms with Crippen LogP contribution in [0.25, 0.3) is 0 Å². The number of rotatable bonds is 4. The molecule has 0 amide bonds. The Morgan fingerprint density at radius 1 is 1.32 bits per heavy atom. The van der Waals surface area contributed by atoms with Crippen LogP contribution in [0.1, 0.15) is 49.4 Å². The summed E-state index contributed by atoms with van der Waals surface area (Å²) in [6.07, 6.45) is 5.45. The van der Waals surface area contributed by atoms with Gasteiger partial charge in [-0.3, -0.25) is 0 Å². The molecular weight excluding hydrogens is 242 g/mol. The Hall–Kier alpha value is -1.71. The molecule has 4 heteroatoms. The van der Waals surface area contributed by atoms with Crippen LogP contribution in [-0.4, -0.2) is 18.7 Å². The number of nitrogens with two attached hydrogens (primary N) is 1. The fourth-order valence-electron chi connectivity index (χ4n) is 2.42. The maximum Gasteiger partial charge on any atom is 0.342 e. The molecule has 1 aliphatic rings. The van der Waals surface area contributed by atoms with Gasteiger partial charge in [-0.1, -0.05) is 12.5 Å². The molecule has 1 aromatic rings. The minimum absolute atomic E-state index is 0.0390. The van der Waals surface area contributed by atoms with E-state index < -0.39 is 0 Å². The number of ether oxygens (including phenoxy) is 2. The Bertz CT molecular complexity index is 439. The average molecular weight is 263 g/mol. The predicted molar refractivity (Wildman–Crippen MR) is 74.3 cm³/mol. The van der Waals surface area contributed by atoms with Gasteiger partial charge in [0.1, 0.15) is 11.7 Å². The number of para-hydroxylation sites is 1. The van der Waals surface area contributed by atoms with Crippen molar-refractivity contribution >= 4 is 11.7 Å². The summed E-state index contributed by atoms with van der Waals surface area (Å²) in [5.41, 5.74) is 6.74. The molecule has 19 heavy (non-hydrogen) atoms. The van der Waals surface area contributed by atoms with Crippen LogP contribution in [0, 0.1) is 0 Å². The standard InChI is InChI=1S/C15H21NO3/c1-2-18-14-12(9-6-10-13(14)16)15(17)19-11-7-4-3-5-8-11/h6,9-11H,2-5,7-8,16H2,1H3. The normalized spacial score (nSPS) is 16.1. The monoisotopic (exact) mass is 263 g/mol. The van der Waals surface area contributed by atoms with E-state index in [-0.39, 0.29) is 12.1 Å². The lowest BCUT2D eigenvalue weighted by Gasteiger charge is -2.22. The van der Waals surface area contributed by atoms with E-state index in [0.717, 1.165) is 25.7 Å². The molecule has 0 saturated heterocycles. The van der Waals surface area contributed by atoms with E-state index in [1.54, 1.807) is 18.2 Å². The van der Waals surface area contributed by atoms with Crippen LogP contribution in [-0.2, 0) is 4.74 Å². The smallest absolute Gasteiger partial charge is 0.342 e. The molecule has 0 aromatic heterocycles. The topological polar surface area (TPSA) is 61.5 Å². The Kier molecular flexibility index (Phi) is 4.66. The first-order valence-corrected chi connectivity index (χ1v) is 6.94. The van der Waals surface area contributed by atoms with Gasteiger partial charge in [0.25, 0.3) is 0 Å². The molecule has 0 radical (unpaired) electrons. The van der Waals surface area contributed by atoms with Crippen LogP contribution < -0.4 is 10.5 Å². The highest BCUT2D eigenvalue weighted by Crippen LogP contribution is 2.28. The van der Waals surface area contributed by atoms with Crippen LogP contribution in [0.4, 0.5) is 5.69 Å². The predicted octanol–water partition coefficient (Wildman–Crippen LogP) is 3.16. The van der Waals surface area contributed by atoms with Crippen molar-refractivity contribution in [2.45, 2.75) is 45.1 Å². The Balaban J connectivity index is 2.11. The summed E-state index contributed by atoms with van der Waals surface area (Å²) >= 11 is 0. The third kappa shape index (κ3) is 3.40. The van der Waals surface area contributed by atoms with Crippen molar-refractivity contribution in [3.8, 4) is 5.75 Å². The van der Waals surface area contributed by atoms with Gasteiger partial charge in [-0.05, 0) is 44.7 Å². The summed E-state index contributed by atoms with van der Waals surface area (Å²) < 4.78 is 11.0. The summed E-state index contributed by atoms with van der Waals surface area (Å²) in [5.74, 6) is 0.105. The summed E-state index contributed by atoms with van der Waals surface area (Å²) in [6.45, 7) is 2.33. The lowest BCUT2D eigenvalue weighted by Crippen LogP contribution is -2.21. The molecule has 1 aromatic carbocycles. The molecular formula is C15H21NO3. The molecule has 2 rings (SSSR count). The van der Waals surface area contributed by atoms with Crippen molar-refractivity contribution in [3.63, 3.8) is 0 Å². The third-order valence-corrected chi connectivity index (χ3v) is 3.38. The zero-order chi connectivity index (χ0) is 13.7. The Morgan fingerprint density at radius 3 is 2.74 bits per heavy atom. The SMILES string of the molecule is CCOc1c(N)cccc1C(=O)OC1CCCCC1. The molecule has 0 aliphatic heterocycles. The van der Waals surface area contributed by atoms with Gasteiger partial charge < -0.3 is 15.2 Å². The molecule has 0 heterocycles. The van der Waals surface area contributed by atoms with Crippen LogP contribution in [0.15, 0.2) is 18.2 Å². The van der Waals surface area contributed by atoms with Gasteiger partial charge in [-0.15, -0.1) is 0 Å². The van der Waals surface area contributed by atoms with E-state index >= 15 is 0 Å². The van der Waals surface area contributed by atoms with Gasteiger partial charge in [0, 0.05) is 0 Å². The van der Waals surface area contributed by atoms with Crippen molar-refractivity contribution in [1.29, 1.82) is 0 Å². The largest absolute Gasteiger partial charge is 0.491 e. The van der Waals surface area contributed by atoms with Crippen LogP contribution >= 0.6 is 0 Å². The second-order valence-corrected chi connectivity index (χ2v) is 4.82. The lowest BCUT2D eigenvalue weighted by atomic mass is 9.98. The second kappa shape index (κ2) is 6.45. The summed E-state index contributed by atoms with van der Waals surface area (Å²) in [5, 5.41) is 0. The van der Waals surface area contributed by atoms with Gasteiger partial charge in [0.15, 0.2) is 5.75 Å². The van der Waals surface area contributed by atoms with Crippen molar-refractivity contribution in [1.82, 2.24) is 0 Å². The fraction of sp³-hybridized carbons (Fsp3) is 0.533. The third-order valence-electron chi connectivity index (χ3n) is 3.38. The first-order valence-electron chi connectivity index (χ1n) is 6.94. The van der Waals surface area contributed by atoms with Gasteiger partial charge in [-0.2, -0.15) is 0 Å². The van der Waals surface area contributed by atoms with E-state index in [1.807, 2.05) is 6.92 Å². The van der Waals surface area contributed by atoms with E-state index in [4.69, 9.17) is 15.2 Å². The van der Waals surface area contributed by atoms with E-state index in [2.05, 4.69) is 0 Å². The summed E-state index contributed by atoms with van der Waals surface area (Å²) in [6, 6.07) is 5.17. The van der Waals surface area contributed by atoms with Crippen molar-refractivity contribution < 1.29 is 14.3 Å².